The average Bonchev–Trinajstić information content (AvgIpc) is 2.10. The molecule has 0 radical (unpaired) electrons. The third kappa shape index (κ3) is 1.86. The van der Waals surface area contributed by atoms with Crippen molar-refractivity contribution in [3.05, 3.63) is 0 Å². The first-order chi connectivity index (χ1) is 4.51. The van der Waals surface area contributed by atoms with Crippen LogP contribution in [0, 0.1) is 5.92 Å². The molecule has 3 heteroatoms. The molecule has 0 saturated heterocycles. The zero-order valence-corrected chi connectivity index (χ0v) is 7.37. The van der Waals surface area contributed by atoms with Crippen LogP contribution in [0.1, 0.15) is 26.2 Å². The van der Waals surface area contributed by atoms with Gasteiger partial charge in [0, 0.05) is 10.8 Å². The molecule has 0 N–H and O–H groups in total. The van der Waals surface area contributed by atoms with Gasteiger partial charge in [-0.05, 0) is 37.8 Å². The second-order valence-electron chi connectivity index (χ2n) is 3.16. The third-order valence-electron chi connectivity index (χ3n) is 2.01. The van der Waals surface area contributed by atoms with Crippen LogP contribution in [0.3, 0.4) is 0 Å². The molecular formula is C7H10Cl2O. The minimum Gasteiger partial charge on any atom is -0.281 e. The van der Waals surface area contributed by atoms with E-state index in [0.717, 1.165) is 19.3 Å². The summed E-state index contributed by atoms with van der Waals surface area (Å²) < 4.78 is 0. The first kappa shape index (κ1) is 8.35. The van der Waals surface area contributed by atoms with E-state index in [9.17, 15) is 4.79 Å². The molecule has 58 valence electrons. The van der Waals surface area contributed by atoms with Gasteiger partial charge in [-0.25, -0.2) is 0 Å². The van der Waals surface area contributed by atoms with Crippen molar-refractivity contribution in [2.24, 2.45) is 5.92 Å². The van der Waals surface area contributed by atoms with E-state index in [2.05, 4.69) is 0 Å². The van der Waals surface area contributed by atoms with Gasteiger partial charge in [-0.3, -0.25) is 4.79 Å². The highest BCUT2D eigenvalue weighted by atomic mass is 35.5. The highest BCUT2D eigenvalue weighted by Crippen LogP contribution is 2.39. The van der Waals surface area contributed by atoms with Crippen LogP contribution < -0.4 is 0 Å². The number of hydrogen-bond donors (Lipinski definition) is 0. The molecule has 1 saturated carbocycles. The second kappa shape index (κ2) is 2.71. The largest absolute Gasteiger partial charge is 0.281 e. The van der Waals surface area contributed by atoms with Crippen molar-refractivity contribution in [3.8, 4) is 0 Å². The predicted molar refractivity (Wildman–Crippen MR) is 42.5 cm³/mol. The standard InChI is InChI=1S/C7H10Cl2O/c1-7(9)3-2-5(4-7)6(8)10/h5H,2-4H2,1H3. The Bertz CT molecular complexity index is 154. The number of alkyl halides is 1. The molecule has 1 aliphatic rings. The summed E-state index contributed by atoms with van der Waals surface area (Å²) in [6, 6.07) is 0. The van der Waals surface area contributed by atoms with E-state index in [4.69, 9.17) is 23.2 Å². The van der Waals surface area contributed by atoms with E-state index in [1.54, 1.807) is 0 Å². The highest BCUT2D eigenvalue weighted by molar-refractivity contribution is 6.64. The minimum atomic E-state index is -0.232. The van der Waals surface area contributed by atoms with Crippen LogP contribution in [0.5, 0.6) is 0 Å². The SMILES string of the molecule is CC1(Cl)CCC(C(=O)Cl)C1. The Morgan fingerprint density at radius 2 is 2.30 bits per heavy atom. The Hall–Kier alpha value is 0.250. The summed E-state index contributed by atoms with van der Waals surface area (Å²) in [4.78, 5) is 10.5. The van der Waals surface area contributed by atoms with Crippen LogP contribution in [0.15, 0.2) is 0 Å². The topological polar surface area (TPSA) is 17.1 Å². The molecule has 0 bridgehead atoms. The lowest BCUT2D eigenvalue weighted by Gasteiger charge is -2.12. The molecule has 0 spiro atoms. The van der Waals surface area contributed by atoms with Crippen molar-refractivity contribution in [3.63, 3.8) is 0 Å². The molecule has 1 fully saturated rings. The molecule has 1 rings (SSSR count). The molecule has 0 amide bonds. The van der Waals surface area contributed by atoms with Gasteiger partial charge in [-0.1, -0.05) is 0 Å². The summed E-state index contributed by atoms with van der Waals surface area (Å²) in [6.45, 7) is 1.95. The van der Waals surface area contributed by atoms with Crippen LogP contribution in [-0.2, 0) is 4.79 Å². The molecular weight excluding hydrogens is 171 g/mol. The molecule has 2 atom stereocenters. The summed E-state index contributed by atoms with van der Waals surface area (Å²) in [7, 11) is 0. The minimum absolute atomic E-state index is 0.00386. The lowest BCUT2D eigenvalue weighted by molar-refractivity contribution is -0.115. The Morgan fingerprint density at radius 1 is 1.70 bits per heavy atom. The van der Waals surface area contributed by atoms with Gasteiger partial charge in [-0.2, -0.15) is 0 Å². The molecule has 0 aromatic heterocycles. The van der Waals surface area contributed by atoms with E-state index in [1.807, 2.05) is 6.92 Å². The maximum atomic E-state index is 10.6. The van der Waals surface area contributed by atoms with Crippen LogP contribution in [0.25, 0.3) is 0 Å². The van der Waals surface area contributed by atoms with Gasteiger partial charge in [0.05, 0.1) is 0 Å². The first-order valence-corrected chi connectivity index (χ1v) is 4.15. The maximum Gasteiger partial charge on any atom is 0.224 e. The molecule has 0 heterocycles. The first-order valence-electron chi connectivity index (χ1n) is 3.39. The van der Waals surface area contributed by atoms with Crippen molar-refractivity contribution in [2.45, 2.75) is 31.1 Å². The van der Waals surface area contributed by atoms with Crippen molar-refractivity contribution in [2.75, 3.05) is 0 Å². The molecule has 1 aliphatic carbocycles. The van der Waals surface area contributed by atoms with Crippen molar-refractivity contribution in [1.29, 1.82) is 0 Å². The van der Waals surface area contributed by atoms with Gasteiger partial charge in [0.25, 0.3) is 0 Å². The third-order valence-corrected chi connectivity index (χ3v) is 2.66. The predicted octanol–water partition coefficient (Wildman–Crippen LogP) is 2.55. The Balaban J connectivity index is 2.51. The summed E-state index contributed by atoms with van der Waals surface area (Å²) in [5.74, 6) is 0.00386. The number of halogens is 2. The number of carbonyl (C=O) groups is 1. The van der Waals surface area contributed by atoms with Crippen molar-refractivity contribution in [1.82, 2.24) is 0 Å². The molecule has 10 heavy (non-hydrogen) atoms. The lowest BCUT2D eigenvalue weighted by atomic mass is 10.1. The van der Waals surface area contributed by atoms with Crippen LogP contribution in [-0.4, -0.2) is 10.1 Å². The zero-order chi connectivity index (χ0) is 7.78. The van der Waals surface area contributed by atoms with Crippen LogP contribution >= 0.6 is 23.2 Å². The number of rotatable bonds is 1. The number of hydrogen-bond acceptors (Lipinski definition) is 1. The maximum absolute atomic E-state index is 10.6. The fourth-order valence-electron chi connectivity index (χ4n) is 1.39. The fraction of sp³-hybridized carbons (Fsp3) is 0.857. The van der Waals surface area contributed by atoms with Gasteiger partial charge < -0.3 is 0 Å². The molecule has 0 aromatic rings. The summed E-state index contributed by atoms with van der Waals surface area (Å²) >= 11 is 11.3. The zero-order valence-electron chi connectivity index (χ0n) is 5.86. The molecule has 0 aromatic carbocycles. The van der Waals surface area contributed by atoms with Crippen LogP contribution in [0.4, 0.5) is 0 Å². The van der Waals surface area contributed by atoms with Gasteiger partial charge in [0.15, 0.2) is 0 Å². The monoisotopic (exact) mass is 180 g/mol. The second-order valence-corrected chi connectivity index (χ2v) is 4.44. The number of carbonyl (C=O) groups excluding carboxylic acids is 1. The van der Waals surface area contributed by atoms with Crippen LogP contribution in [0.2, 0.25) is 0 Å². The van der Waals surface area contributed by atoms with Gasteiger partial charge in [0.1, 0.15) is 0 Å². The van der Waals surface area contributed by atoms with E-state index >= 15 is 0 Å². The van der Waals surface area contributed by atoms with Gasteiger partial charge in [0.2, 0.25) is 5.24 Å². The Kier molecular flexibility index (Phi) is 2.26. The van der Waals surface area contributed by atoms with E-state index in [-0.39, 0.29) is 16.0 Å². The summed E-state index contributed by atoms with van der Waals surface area (Å²) in [5.41, 5.74) is 0. The van der Waals surface area contributed by atoms with E-state index in [0.29, 0.717) is 0 Å². The molecule has 0 aliphatic heterocycles. The highest BCUT2D eigenvalue weighted by Gasteiger charge is 2.35. The van der Waals surface area contributed by atoms with Crippen molar-refractivity contribution < 1.29 is 4.79 Å². The lowest BCUT2D eigenvalue weighted by Crippen LogP contribution is -2.12. The van der Waals surface area contributed by atoms with Gasteiger partial charge in [-0.15, -0.1) is 11.6 Å². The summed E-state index contributed by atoms with van der Waals surface area (Å²) in [5, 5.41) is -0.232. The Morgan fingerprint density at radius 3 is 2.50 bits per heavy atom. The van der Waals surface area contributed by atoms with E-state index < -0.39 is 0 Å². The van der Waals surface area contributed by atoms with Gasteiger partial charge >= 0.3 is 0 Å². The van der Waals surface area contributed by atoms with E-state index in [1.165, 1.54) is 0 Å². The normalized spacial score (nSPS) is 40.1. The molecule has 2 unspecified atom stereocenters. The fourth-order valence-corrected chi connectivity index (χ4v) is 1.87. The van der Waals surface area contributed by atoms with Crippen molar-refractivity contribution >= 4 is 28.4 Å². The smallest absolute Gasteiger partial charge is 0.224 e. The molecule has 1 nitrogen and oxygen atoms in total. The Labute approximate surface area is 70.7 Å². The summed E-state index contributed by atoms with van der Waals surface area (Å²) in [6.07, 6.45) is 2.48. The average molecular weight is 181 g/mol. The quantitative estimate of drug-likeness (QED) is 0.448.